The van der Waals surface area contributed by atoms with E-state index in [2.05, 4.69) is 11.9 Å². The normalized spacial score (nSPS) is 23.9. The highest BCUT2D eigenvalue weighted by Crippen LogP contribution is 2.28. The SMILES string of the molecule is CCCCCCCCCCCOCc1cn([C@@H]2O[C@H](CO)[C@@H](O)[C@H]2O)c(=O)[nH]c1=O. The fourth-order valence-electron chi connectivity index (χ4n) is 3.63. The van der Waals surface area contributed by atoms with E-state index < -0.39 is 42.4 Å². The third-order valence-electron chi connectivity index (χ3n) is 5.48. The van der Waals surface area contributed by atoms with Crippen LogP contribution in [0, 0.1) is 0 Å². The van der Waals surface area contributed by atoms with Gasteiger partial charge < -0.3 is 24.8 Å². The zero-order chi connectivity index (χ0) is 21.9. The average Bonchev–Trinajstić information content (AvgIpc) is 3.01. The monoisotopic (exact) mass is 428 g/mol. The molecular formula is C21H36N2O7. The standard InChI is InChI=1S/C21H36N2O7/c1-2-3-4-5-6-7-8-9-10-11-29-14-15-12-23(21(28)22-19(15)27)20-18(26)17(25)16(13-24)30-20/h12,16-18,20,24-26H,2-11,13-14H2,1H3,(H,22,27,28)/t16-,17-,18-,20-/m1/s1. The fraction of sp³-hybridized carbons (Fsp3) is 0.810. The highest BCUT2D eigenvalue weighted by atomic mass is 16.6. The topological polar surface area (TPSA) is 134 Å². The first-order valence-electron chi connectivity index (χ1n) is 11.0. The lowest BCUT2D eigenvalue weighted by Crippen LogP contribution is -2.39. The molecule has 0 amide bonds. The molecule has 1 saturated heterocycles. The van der Waals surface area contributed by atoms with Gasteiger partial charge in [0.15, 0.2) is 6.23 Å². The molecule has 0 aliphatic carbocycles. The summed E-state index contributed by atoms with van der Waals surface area (Å²) in [4.78, 5) is 26.3. The van der Waals surface area contributed by atoms with Crippen molar-refractivity contribution in [1.82, 2.24) is 9.55 Å². The van der Waals surface area contributed by atoms with Gasteiger partial charge in [-0.05, 0) is 6.42 Å². The van der Waals surface area contributed by atoms with Crippen LogP contribution in [-0.4, -0.2) is 56.4 Å². The first kappa shape index (κ1) is 24.7. The number of nitrogens with zero attached hydrogens (tertiary/aromatic N) is 1. The Labute approximate surface area is 176 Å². The number of unbranched alkanes of at least 4 members (excludes halogenated alkanes) is 8. The zero-order valence-corrected chi connectivity index (χ0v) is 17.8. The van der Waals surface area contributed by atoms with Crippen LogP contribution in [0.4, 0.5) is 0 Å². The van der Waals surface area contributed by atoms with E-state index in [1.807, 2.05) is 0 Å². The fourth-order valence-corrected chi connectivity index (χ4v) is 3.63. The lowest BCUT2D eigenvalue weighted by molar-refractivity contribution is -0.0553. The summed E-state index contributed by atoms with van der Waals surface area (Å²) in [5.41, 5.74) is -1.10. The number of hydrogen-bond donors (Lipinski definition) is 4. The van der Waals surface area contributed by atoms with Gasteiger partial charge in [0.25, 0.3) is 5.56 Å². The van der Waals surface area contributed by atoms with Gasteiger partial charge in [0.2, 0.25) is 0 Å². The number of aliphatic hydroxyl groups excluding tert-OH is 3. The molecule has 0 unspecified atom stereocenters. The highest BCUT2D eigenvalue weighted by molar-refractivity contribution is 5.05. The Hall–Kier alpha value is -1.52. The first-order valence-corrected chi connectivity index (χ1v) is 11.0. The highest BCUT2D eigenvalue weighted by Gasteiger charge is 2.43. The van der Waals surface area contributed by atoms with E-state index in [1.54, 1.807) is 0 Å². The van der Waals surface area contributed by atoms with Gasteiger partial charge in [-0.3, -0.25) is 14.3 Å². The molecular weight excluding hydrogens is 392 g/mol. The summed E-state index contributed by atoms with van der Waals surface area (Å²) in [5, 5.41) is 29.2. The molecule has 1 aromatic rings. The number of aromatic amines is 1. The second kappa shape index (κ2) is 13.0. The Bertz CT molecular complexity index is 733. The van der Waals surface area contributed by atoms with Gasteiger partial charge in [-0.1, -0.05) is 58.3 Å². The quantitative estimate of drug-likeness (QED) is 0.327. The van der Waals surface area contributed by atoms with Crippen molar-refractivity contribution in [2.24, 2.45) is 0 Å². The van der Waals surface area contributed by atoms with Crippen molar-refractivity contribution in [1.29, 1.82) is 0 Å². The minimum atomic E-state index is -1.40. The summed E-state index contributed by atoms with van der Waals surface area (Å²) < 4.78 is 12.0. The molecule has 0 aromatic carbocycles. The number of hydrogen-bond acceptors (Lipinski definition) is 7. The van der Waals surface area contributed by atoms with Crippen LogP contribution in [0.1, 0.15) is 76.5 Å². The molecule has 9 nitrogen and oxygen atoms in total. The minimum absolute atomic E-state index is 0.0292. The molecule has 4 N–H and O–H groups in total. The first-order chi connectivity index (χ1) is 14.5. The molecule has 4 atom stereocenters. The van der Waals surface area contributed by atoms with Crippen molar-refractivity contribution in [2.45, 2.75) is 95.9 Å². The number of aliphatic hydroxyl groups is 3. The van der Waals surface area contributed by atoms with Crippen LogP contribution in [0.2, 0.25) is 0 Å². The van der Waals surface area contributed by atoms with E-state index in [4.69, 9.17) is 9.47 Å². The summed E-state index contributed by atoms with van der Waals surface area (Å²) in [6.07, 6.45) is 7.21. The Morgan fingerprint density at radius 2 is 1.67 bits per heavy atom. The Balaban J connectivity index is 1.77. The van der Waals surface area contributed by atoms with Crippen molar-refractivity contribution in [3.63, 3.8) is 0 Å². The van der Waals surface area contributed by atoms with E-state index in [0.29, 0.717) is 6.61 Å². The van der Waals surface area contributed by atoms with Crippen LogP contribution in [0.5, 0.6) is 0 Å². The predicted molar refractivity (Wildman–Crippen MR) is 111 cm³/mol. The molecule has 2 heterocycles. The molecule has 2 rings (SSSR count). The van der Waals surface area contributed by atoms with E-state index in [1.165, 1.54) is 51.1 Å². The Kier molecular flexibility index (Phi) is 10.7. The van der Waals surface area contributed by atoms with Crippen LogP contribution < -0.4 is 11.2 Å². The molecule has 0 saturated carbocycles. The van der Waals surface area contributed by atoms with Gasteiger partial charge in [-0.2, -0.15) is 0 Å². The van der Waals surface area contributed by atoms with Gasteiger partial charge in [-0.25, -0.2) is 4.79 Å². The van der Waals surface area contributed by atoms with Gasteiger partial charge in [-0.15, -0.1) is 0 Å². The van der Waals surface area contributed by atoms with Gasteiger partial charge in [0.05, 0.1) is 18.8 Å². The smallest absolute Gasteiger partial charge is 0.330 e. The lowest BCUT2D eigenvalue weighted by Gasteiger charge is -2.18. The van der Waals surface area contributed by atoms with Gasteiger partial charge >= 0.3 is 5.69 Å². The molecule has 1 aliphatic rings. The summed E-state index contributed by atoms with van der Waals surface area (Å²) in [6.45, 7) is 2.26. The zero-order valence-electron chi connectivity index (χ0n) is 17.8. The van der Waals surface area contributed by atoms with Crippen molar-refractivity contribution in [3.05, 3.63) is 32.6 Å². The van der Waals surface area contributed by atoms with Crippen molar-refractivity contribution in [2.75, 3.05) is 13.2 Å². The summed E-state index contributed by atoms with van der Waals surface area (Å²) in [5.74, 6) is 0. The molecule has 9 heteroatoms. The molecule has 0 spiro atoms. The third-order valence-corrected chi connectivity index (χ3v) is 5.48. The van der Waals surface area contributed by atoms with Crippen LogP contribution in [-0.2, 0) is 16.1 Å². The molecule has 0 radical (unpaired) electrons. The number of aromatic nitrogens is 2. The second-order valence-corrected chi connectivity index (χ2v) is 7.93. The van der Waals surface area contributed by atoms with Crippen molar-refractivity contribution in [3.8, 4) is 0 Å². The third kappa shape index (κ3) is 7.02. The van der Waals surface area contributed by atoms with Crippen LogP contribution >= 0.6 is 0 Å². The van der Waals surface area contributed by atoms with E-state index in [9.17, 15) is 24.9 Å². The van der Waals surface area contributed by atoms with E-state index >= 15 is 0 Å². The predicted octanol–water partition coefficient (Wildman–Crippen LogP) is 1.20. The number of ether oxygens (including phenoxy) is 2. The number of nitrogens with one attached hydrogen (secondary N) is 1. The van der Waals surface area contributed by atoms with Crippen molar-refractivity contribution >= 4 is 0 Å². The maximum absolute atomic E-state index is 12.1. The lowest BCUT2D eigenvalue weighted by atomic mass is 10.1. The van der Waals surface area contributed by atoms with E-state index in [-0.39, 0.29) is 12.2 Å². The average molecular weight is 429 g/mol. The molecule has 172 valence electrons. The van der Waals surface area contributed by atoms with Gasteiger partial charge in [0, 0.05) is 12.8 Å². The molecule has 30 heavy (non-hydrogen) atoms. The molecule has 1 aliphatic heterocycles. The molecule has 1 aromatic heterocycles. The van der Waals surface area contributed by atoms with Crippen molar-refractivity contribution < 1.29 is 24.8 Å². The maximum Gasteiger partial charge on any atom is 0.330 e. The summed E-state index contributed by atoms with van der Waals surface area (Å²) in [6, 6.07) is 0. The maximum atomic E-state index is 12.1. The molecule has 1 fully saturated rings. The molecule has 0 bridgehead atoms. The summed E-state index contributed by atoms with van der Waals surface area (Å²) >= 11 is 0. The Morgan fingerprint density at radius 1 is 1.03 bits per heavy atom. The van der Waals surface area contributed by atoms with Gasteiger partial charge in [0.1, 0.15) is 18.3 Å². The number of H-pyrrole nitrogens is 1. The van der Waals surface area contributed by atoms with Crippen LogP contribution in [0.3, 0.4) is 0 Å². The van der Waals surface area contributed by atoms with Crippen LogP contribution in [0.25, 0.3) is 0 Å². The van der Waals surface area contributed by atoms with Crippen LogP contribution in [0.15, 0.2) is 15.8 Å². The Morgan fingerprint density at radius 3 is 2.27 bits per heavy atom. The second-order valence-electron chi connectivity index (χ2n) is 7.93. The van der Waals surface area contributed by atoms with E-state index in [0.717, 1.165) is 17.4 Å². The summed E-state index contributed by atoms with van der Waals surface area (Å²) in [7, 11) is 0. The largest absolute Gasteiger partial charge is 0.394 e. The number of rotatable bonds is 14. The minimum Gasteiger partial charge on any atom is -0.394 e.